The van der Waals surface area contributed by atoms with Gasteiger partial charge in [0.05, 0.1) is 16.1 Å². The summed E-state index contributed by atoms with van der Waals surface area (Å²) in [6, 6.07) is 3.95. The second-order valence-electron chi connectivity index (χ2n) is 7.09. The molecule has 1 atom stereocenters. The van der Waals surface area contributed by atoms with Crippen LogP contribution in [0.4, 0.5) is 0 Å². The van der Waals surface area contributed by atoms with E-state index in [2.05, 4.69) is 10.4 Å². The van der Waals surface area contributed by atoms with Crippen LogP contribution in [0.25, 0.3) is 11.3 Å². The van der Waals surface area contributed by atoms with Crippen LogP contribution < -0.4 is 0 Å². The standard InChI is InChI=1S/C18H19Cl2N3OS/c1-17(11-18(17,19)20)16(24)23-8-4-13(5-9-23)15-22-14(10-25-15)12-2-6-21-7-3-12/h2-3,6-7,10,13H,4-5,8-9,11H2,1H3/t17-/m0/s1. The summed E-state index contributed by atoms with van der Waals surface area (Å²) in [4.78, 5) is 23.4. The summed E-state index contributed by atoms with van der Waals surface area (Å²) in [5.74, 6) is 0.501. The quantitative estimate of drug-likeness (QED) is 0.718. The van der Waals surface area contributed by atoms with Gasteiger partial charge in [-0.3, -0.25) is 9.78 Å². The number of carbonyl (C=O) groups is 1. The third-order valence-electron chi connectivity index (χ3n) is 5.36. The number of likely N-dealkylation sites (tertiary alicyclic amines) is 1. The van der Waals surface area contributed by atoms with E-state index in [1.54, 1.807) is 23.7 Å². The lowest BCUT2D eigenvalue weighted by Crippen LogP contribution is -2.42. The Morgan fingerprint density at radius 2 is 1.92 bits per heavy atom. The lowest BCUT2D eigenvalue weighted by atomic mass is 9.96. The molecule has 132 valence electrons. The van der Waals surface area contributed by atoms with Crippen LogP contribution in [0.2, 0.25) is 0 Å². The van der Waals surface area contributed by atoms with Gasteiger partial charge in [-0.15, -0.1) is 34.5 Å². The van der Waals surface area contributed by atoms with Crippen molar-refractivity contribution < 1.29 is 4.79 Å². The third kappa shape index (κ3) is 3.07. The first-order chi connectivity index (χ1) is 11.9. The van der Waals surface area contributed by atoms with Crippen molar-refractivity contribution in [3.05, 3.63) is 34.9 Å². The fraction of sp³-hybridized carbons (Fsp3) is 0.500. The second kappa shape index (κ2) is 6.22. The van der Waals surface area contributed by atoms with Gasteiger partial charge in [0.15, 0.2) is 0 Å². The van der Waals surface area contributed by atoms with Crippen LogP contribution in [0.1, 0.15) is 37.1 Å². The predicted molar refractivity (Wildman–Crippen MR) is 101 cm³/mol. The molecule has 2 aromatic heterocycles. The van der Waals surface area contributed by atoms with Gasteiger partial charge in [0, 0.05) is 42.3 Å². The molecule has 1 amide bonds. The van der Waals surface area contributed by atoms with Gasteiger partial charge < -0.3 is 4.90 Å². The SMILES string of the molecule is C[C@@]1(C(=O)N2CCC(c3nc(-c4ccncc4)cs3)CC2)CC1(Cl)Cl. The number of carbonyl (C=O) groups excluding carboxylic acids is 1. The van der Waals surface area contributed by atoms with E-state index in [0.717, 1.165) is 42.2 Å². The number of pyridine rings is 1. The van der Waals surface area contributed by atoms with Gasteiger partial charge in [0.25, 0.3) is 0 Å². The number of piperidine rings is 1. The van der Waals surface area contributed by atoms with Gasteiger partial charge in [-0.1, -0.05) is 0 Å². The molecule has 0 radical (unpaired) electrons. The monoisotopic (exact) mass is 395 g/mol. The Morgan fingerprint density at radius 3 is 2.52 bits per heavy atom. The summed E-state index contributed by atoms with van der Waals surface area (Å²) in [6.45, 7) is 3.35. The number of thiazole rings is 1. The summed E-state index contributed by atoms with van der Waals surface area (Å²) in [5, 5.41) is 3.25. The average molecular weight is 396 g/mol. The van der Waals surface area contributed by atoms with Gasteiger partial charge in [-0.2, -0.15) is 0 Å². The number of hydrogen-bond donors (Lipinski definition) is 0. The zero-order valence-corrected chi connectivity index (χ0v) is 16.2. The highest BCUT2D eigenvalue weighted by Crippen LogP contribution is 2.64. The number of halogens is 2. The number of rotatable bonds is 3. The number of nitrogens with zero attached hydrogens (tertiary/aromatic N) is 3. The van der Waals surface area contributed by atoms with Gasteiger partial charge >= 0.3 is 0 Å². The minimum Gasteiger partial charge on any atom is -0.342 e. The minimum absolute atomic E-state index is 0.0903. The zero-order chi connectivity index (χ0) is 17.7. The zero-order valence-electron chi connectivity index (χ0n) is 13.9. The van der Waals surface area contributed by atoms with Crippen molar-refractivity contribution in [3.63, 3.8) is 0 Å². The number of amides is 1. The van der Waals surface area contributed by atoms with E-state index in [1.807, 2.05) is 24.0 Å². The number of alkyl halides is 2. The second-order valence-corrected chi connectivity index (χ2v) is 9.46. The van der Waals surface area contributed by atoms with Crippen molar-refractivity contribution in [2.75, 3.05) is 13.1 Å². The Morgan fingerprint density at radius 1 is 1.28 bits per heavy atom. The van der Waals surface area contributed by atoms with E-state index in [0.29, 0.717) is 12.3 Å². The lowest BCUT2D eigenvalue weighted by Gasteiger charge is -2.33. The van der Waals surface area contributed by atoms with E-state index in [4.69, 9.17) is 28.2 Å². The molecule has 0 aromatic carbocycles. The molecule has 0 bridgehead atoms. The Labute approximate surface area is 161 Å². The molecule has 1 aliphatic carbocycles. The summed E-state index contributed by atoms with van der Waals surface area (Å²) >= 11 is 14.0. The van der Waals surface area contributed by atoms with Crippen molar-refractivity contribution in [3.8, 4) is 11.3 Å². The third-order valence-corrected chi connectivity index (χ3v) is 7.47. The highest BCUT2D eigenvalue weighted by Gasteiger charge is 2.68. The number of hydrogen-bond acceptors (Lipinski definition) is 4. The van der Waals surface area contributed by atoms with Crippen LogP contribution >= 0.6 is 34.5 Å². The van der Waals surface area contributed by atoms with Crippen LogP contribution in [0.3, 0.4) is 0 Å². The molecule has 4 rings (SSSR count). The van der Waals surface area contributed by atoms with E-state index < -0.39 is 9.75 Å². The average Bonchev–Trinajstić information content (AvgIpc) is 2.99. The minimum atomic E-state index is -0.893. The molecule has 25 heavy (non-hydrogen) atoms. The first kappa shape index (κ1) is 17.3. The lowest BCUT2D eigenvalue weighted by molar-refractivity contribution is -0.137. The Bertz CT molecular complexity index is 787. The van der Waals surface area contributed by atoms with Crippen molar-refractivity contribution >= 4 is 40.4 Å². The summed E-state index contributed by atoms with van der Waals surface area (Å²) in [6.07, 6.45) is 5.98. The van der Waals surface area contributed by atoms with E-state index in [1.165, 1.54) is 0 Å². The van der Waals surface area contributed by atoms with Gasteiger partial charge in [-0.05, 0) is 38.3 Å². The Kier molecular flexibility index (Phi) is 4.29. The topological polar surface area (TPSA) is 46.1 Å². The van der Waals surface area contributed by atoms with Crippen LogP contribution in [-0.4, -0.2) is 38.2 Å². The summed E-state index contributed by atoms with van der Waals surface area (Å²) in [5.41, 5.74) is 1.48. The van der Waals surface area contributed by atoms with Crippen molar-refractivity contribution in [2.45, 2.75) is 36.4 Å². The number of aromatic nitrogens is 2. The van der Waals surface area contributed by atoms with Gasteiger partial charge in [0.2, 0.25) is 5.91 Å². The summed E-state index contributed by atoms with van der Waals surface area (Å²) in [7, 11) is 0. The maximum absolute atomic E-state index is 12.7. The van der Waals surface area contributed by atoms with Crippen molar-refractivity contribution in [2.24, 2.45) is 5.41 Å². The molecule has 0 unspecified atom stereocenters. The predicted octanol–water partition coefficient (Wildman–Crippen LogP) is 4.50. The fourth-order valence-electron chi connectivity index (χ4n) is 3.44. The molecular weight excluding hydrogens is 377 g/mol. The molecule has 1 saturated heterocycles. The largest absolute Gasteiger partial charge is 0.342 e. The van der Waals surface area contributed by atoms with E-state index in [-0.39, 0.29) is 5.91 Å². The van der Waals surface area contributed by atoms with E-state index in [9.17, 15) is 4.79 Å². The smallest absolute Gasteiger partial charge is 0.231 e. The molecule has 1 saturated carbocycles. The van der Waals surface area contributed by atoms with E-state index >= 15 is 0 Å². The van der Waals surface area contributed by atoms with Crippen molar-refractivity contribution in [1.29, 1.82) is 0 Å². The molecule has 1 aliphatic heterocycles. The maximum Gasteiger partial charge on any atom is 0.231 e. The van der Waals surface area contributed by atoms with Crippen LogP contribution in [-0.2, 0) is 4.79 Å². The molecule has 4 nitrogen and oxygen atoms in total. The normalized spacial score (nSPS) is 25.8. The maximum atomic E-state index is 12.7. The Balaban J connectivity index is 1.40. The molecule has 2 aromatic rings. The first-order valence-electron chi connectivity index (χ1n) is 8.44. The highest BCUT2D eigenvalue weighted by molar-refractivity contribution is 7.10. The molecule has 2 aliphatic rings. The van der Waals surface area contributed by atoms with Crippen LogP contribution in [0.5, 0.6) is 0 Å². The Hall–Kier alpha value is -1.17. The van der Waals surface area contributed by atoms with Gasteiger partial charge in [0.1, 0.15) is 4.33 Å². The molecule has 0 spiro atoms. The fourth-order valence-corrected chi connectivity index (χ4v) is 5.14. The molecule has 2 fully saturated rings. The summed E-state index contributed by atoms with van der Waals surface area (Å²) < 4.78 is -0.893. The van der Waals surface area contributed by atoms with Crippen LogP contribution in [0, 0.1) is 5.41 Å². The van der Waals surface area contributed by atoms with Crippen molar-refractivity contribution in [1.82, 2.24) is 14.9 Å². The van der Waals surface area contributed by atoms with Gasteiger partial charge in [-0.25, -0.2) is 4.98 Å². The first-order valence-corrected chi connectivity index (χ1v) is 10.1. The molecule has 7 heteroatoms. The molecular formula is C18H19Cl2N3OS. The molecule has 0 N–H and O–H groups in total. The van der Waals surface area contributed by atoms with Crippen LogP contribution in [0.15, 0.2) is 29.9 Å². The molecule has 3 heterocycles. The highest BCUT2D eigenvalue weighted by atomic mass is 35.5.